The van der Waals surface area contributed by atoms with Gasteiger partial charge < -0.3 is 10.4 Å². The third-order valence-corrected chi connectivity index (χ3v) is 1.09. The molecule has 9 heavy (non-hydrogen) atoms. The molecule has 2 N–H and O–H groups in total. The molecule has 0 aromatic carbocycles. The molecule has 0 heterocycles. The Bertz CT molecular complexity index is 73.3. The summed E-state index contributed by atoms with van der Waals surface area (Å²) in [6.07, 6.45) is 1.81. The Morgan fingerprint density at radius 3 is 2.89 bits per heavy atom. The van der Waals surface area contributed by atoms with Crippen LogP contribution in [0.2, 0.25) is 0 Å². The fraction of sp³-hybridized carbons (Fsp3) is 0.714. The summed E-state index contributed by atoms with van der Waals surface area (Å²) in [7, 11) is 0. The number of nitrogens with one attached hydrogen (secondary N) is 1. The number of aliphatic hydroxyl groups is 1. The number of aliphatic hydroxyl groups excluding tert-OH is 1. The van der Waals surface area contributed by atoms with E-state index in [9.17, 15) is 0 Å². The molecule has 0 saturated heterocycles. The summed E-state index contributed by atoms with van der Waals surface area (Å²) in [5.41, 5.74) is 0. The van der Waals surface area contributed by atoms with Crippen molar-refractivity contribution in [1.29, 1.82) is 0 Å². The van der Waals surface area contributed by atoms with E-state index in [4.69, 9.17) is 5.11 Å². The predicted molar refractivity (Wildman–Crippen MR) is 39.3 cm³/mol. The van der Waals surface area contributed by atoms with Crippen LogP contribution in [0, 0.1) is 5.92 Å². The summed E-state index contributed by atoms with van der Waals surface area (Å²) in [5.74, 6) is 0.352. The van der Waals surface area contributed by atoms with Gasteiger partial charge in [0.05, 0.1) is 0 Å². The highest BCUT2D eigenvalue weighted by Crippen LogP contribution is 1.87. The highest BCUT2D eigenvalue weighted by molar-refractivity contribution is 4.70. The summed E-state index contributed by atoms with van der Waals surface area (Å²) in [4.78, 5) is 0. The van der Waals surface area contributed by atoms with Crippen LogP contribution in [-0.4, -0.2) is 24.8 Å². The van der Waals surface area contributed by atoms with Crippen molar-refractivity contribution in [3.8, 4) is 0 Å². The standard InChI is InChI=1S/C7H15NO/c1-3-4-8-5-7(2)6-9/h3,7-9H,1,4-6H2,2H3. The van der Waals surface area contributed by atoms with E-state index in [1.165, 1.54) is 0 Å². The molecule has 0 aliphatic heterocycles. The van der Waals surface area contributed by atoms with Gasteiger partial charge in [-0.1, -0.05) is 13.0 Å². The summed E-state index contributed by atoms with van der Waals surface area (Å²) >= 11 is 0. The van der Waals surface area contributed by atoms with E-state index in [0.717, 1.165) is 13.1 Å². The van der Waals surface area contributed by atoms with Gasteiger partial charge in [0, 0.05) is 19.7 Å². The van der Waals surface area contributed by atoms with E-state index >= 15 is 0 Å². The second kappa shape index (κ2) is 5.79. The van der Waals surface area contributed by atoms with Gasteiger partial charge >= 0.3 is 0 Å². The summed E-state index contributed by atoms with van der Waals surface area (Å²) in [6.45, 7) is 7.50. The first kappa shape index (κ1) is 8.66. The minimum Gasteiger partial charge on any atom is -0.396 e. The van der Waals surface area contributed by atoms with Crippen LogP contribution in [0.1, 0.15) is 6.92 Å². The van der Waals surface area contributed by atoms with Crippen LogP contribution in [-0.2, 0) is 0 Å². The molecule has 0 aliphatic rings. The van der Waals surface area contributed by atoms with Crippen molar-refractivity contribution in [2.24, 2.45) is 5.92 Å². The first-order valence-electron chi connectivity index (χ1n) is 3.23. The minimum atomic E-state index is 0.254. The van der Waals surface area contributed by atoms with E-state index in [2.05, 4.69) is 11.9 Å². The second-order valence-corrected chi connectivity index (χ2v) is 2.23. The van der Waals surface area contributed by atoms with Gasteiger partial charge in [0.1, 0.15) is 0 Å². The number of rotatable bonds is 5. The number of hydrogen-bond donors (Lipinski definition) is 2. The smallest absolute Gasteiger partial charge is 0.0468 e. The lowest BCUT2D eigenvalue weighted by atomic mass is 10.2. The van der Waals surface area contributed by atoms with E-state index in [0.29, 0.717) is 5.92 Å². The molecule has 0 aromatic heterocycles. The van der Waals surface area contributed by atoms with Crippen LogP contribution < -0.4 is 5.32 Å². The lowest BCUT2D eigenvalue weighted by Crippen LogP contribution is -2.22. The van der Waals surface area contributed by atoms with Crippen molar-refractivity contribution in [2.75, 3.05) is 19.7 Å². The summed E-state index contributed by atoms with van der Waals surface area (Å²) in [5, 5.41) is 11.7. The van der Waals surface area contributed by atoms with Gasteiger partial charge in [-0.15, -0.1) is 6.58 Å². The predicted octanol–water partition coefficient (Wildman–Crippen LogP) is 0.390. The third kappa shape index (κ3) is 5.53. The maximum atomic E-state index is 8.57. The van der Waals surface area contributed by atoms with Crippen LogP contribution in [0.25, 0.3) is 0 Å². The van der Waals surface area contributed by atoms with Gasteiger partial charge in [0.25, 0.3) is 0 Å². The Kier molecular flexibility index (Phi) is 5.57. The highest BCUT2D eigenvalue weighted by Gasteiger charge is 1.95. The van der Waals surface area contributed by atoms with E-state index in [1.807, 2.05) is 13.0 Å². The van der Waals surface area contributed by atoms with Gasteiger partial charge in [-0.3, -0.25) is 0 Å². The molecule has 0 aromatic rings. The molecule has 1 unspecified atom stereocenters. The normalized spacial score (nSPS) is 13.1. The highest BCUT2D eigenvalue weighted by atomic mass is 16.3. The third-order valence-electron chi connectivity index (χ3n) is 1.09. The molecule has 0 aliphatic carbocycles. The lowest BCUT2D eigenvalue weighted by molar-refractivity contribution is 0.235. The molecule has 0 saturated carbocycles. The van der Waals surface area contributed by atoms with Crippen LogP contribution >= 0.6 is 0 Å². The first-order chi connectivity index (χ1) is 4.31. The van der Waals surface area contributed by atoms with Gasteiger partial charge in [0.15, 0.2) is 0 Å². The van der Waals surface area contributed by atoms with Crippen molar-refractivity contribution < 1.29 is 5.11 Å². The van der Waals surface area contributed by atoms with Crippen molar-refractivity contribution in [3.05, 3.63) is 12.7 Å². The van der Waals surface area contributed by atoms with Crippen molar-refractivity contribution >= 4 is 0 Å². The molecule has 0 bridgehead atoms. The number of hydrogen-bond acceptors (Lipinski definition) is 2. The SMILES string of the molecule is C=CCNCC(C)CO. The Balaban J connectivity index is 2.96. The molecule has 54 valence electrons. The molecule has 0 radical (unpaired) electrons. The van der Waals surface area contributed by atoms with Crippen molar-refractivity contribution in [1.82, 2.24) is 5.32 Å². The fourth-order valence-corrected chi connectivity index (χ4v) is 0.496. The Morgan fingerprint density at radius 1 is 1.78 bits per heavy atom. The zero-order valence-electron chi connectivity index (χ0n) is 5.93. The van der Waals surface area contributed by atoms with E-state index < -0.39 is 0 Å². The first-order valence-corrected chi connectivity index (χ1v) is 3.23. The lowest BCUT2D eigenvalue weighted by Gasteiger charge is -2.06. The van der Waals surface area contributed by atoms with Gasteiger partial charge in [-0.2, -0.15) is 0 Å². The van der Waals surface area contributed by atoms with Gasteiger partial charge in [-0.05, 0) is 5.92 Å². The maximum absolute atomic E-state index is 8.57. The molecule has 0 amide bonds. The fourth-order valence-electron chi connectivity index (χ4n) is 0.496. The summed E-state index contributed by atoms with van der Waals surface area (Å²) < 4.78 is 0. The summed E-state index contributed by atoms with van der Waals surface area (Å²) in [6, 6.07) is 0. The average molecular weight is 129 g/mol. The van der Waals surface area contributed by atoms with Gasteiger partial charge in [0.2, 0.25) is 0 Å². The Morgan fingerprint density at radius 2 is 2.44 bits per heavy atom. The molecular formula is C7H15NO. The van der Waals surface area contributed by atoms with Gasteiger partial charge in [-0.25, -0.2) is 0 Å². The minimum absolute atomic E-state index is 0.254. The maximum Gasteiger partial charge on any atom is 0.0468 e. The molecule has 1 atom stereocenters. The molecule has 0 fully saturated rings. The Labute approximate surface area is 56.6 Å². The monoisotopic (exact) mass is 129 g/mol. The zero-order chi connectivity index (χ0) is 7.11. The molecule has 0 rings (SSSR count). The zero-order valence-corrected chi connectivity index (χ0v) is 5.93. The second-order valence-electron chi connectivity index (χ2n) is 2.23. The molecule has 2 nitrogen and oxygen atoms in total. The van der Waals surface area contributed by atoms with Crippen molar-refractivity contribution in [3.63, 3.8) is 0 Å². The molecule has 0 spiro atoms. The average Bonchev–Trinajstić information content (AvgIpc) is 1.89. The molecular weight excluding hydrogens is 114 g/mol. The largest absolute Gasteiger partial charge is 0.396 e. The van der Waals surface area contributed by atoms with E-state index in [1.54, 1.807) is 0 Å². The van der Waals surface area contributed by atoms with Crippen LogP contribution in [0.3, 0.4) is 0 Å². The molecule has 2 heteroatoms. The quantitative estimate of drug-likeness (QED) is 0.416. The Hall–Kier alpha value is -0.340. The van der Waals surface area contributed by atoms with Crippen LogP contribution in [0.4, 0.5) is 0 Å². The van der Waals surface area contributed by atoms with Crippen LogP contribution in [0.5, 0.6) is 0 Å². The van der Waals surface area contributed by atoms with E-state index in [-0.39, 0.29) is 6.61 Å². The topological polar surface area (TPSA) is 32.3 Å². The van der Waals surface area contributed by atoms with Crippen LogP contribution in [0.15, 0.2) is 12.7 Å². The van der Waals surface area contributed by atoms with Crippen molar-refractivity contribution in [2.45, 2.75) is 6.92 Å².